The molecule has 0 spiro atoms. The van der Waals surface area contributed by atoms with Crippen LogP contribution in [0.3, 0.4) is 0 Å². The molecule has 0 amide bonds. The predicted octanol–water partition coefficient (Wildman–Crippen LogP) is 2.67. The van der Waals surface area contributed by atoms with Crippen LogP contribution in [0.15, 0.2) is 53.4 Å². The van der Waals surface area contributed by atoms with Crippen molar-refractivity contribution >= 4 is 15.8 Å². The Bertz CT molecular complexity index is 994. The van der Waals surface area contributed by atoms with E-state index in [9.17, 15) is 28.0 Å². The van der Waals surface area contributed by atoms with Gasteiger partial charge in [0, 0.05) is 5.92 Å². The second-order valence-electron chi connectivity index (χ2n) is 6.10. The van der Waals surface area contributed by atoms with Crippen LogP contribution in [0, 0.1) is 29.5 Å². The van der Waals surface area contributed by atoms with Gasteiger partial charge in [-0.3, -0.25) is 4.79 Å². The van der Waals surface area contributed by atoms with Gasteiger partial charge < -0.3 is 5.11 Å². The molecule has 2 aromatic rings. The van der Waals surface area contributed by atoms with Crippen molar-refractivity contribution in [1.29, 1.82) is 5.26 Å². The van der Waals surface area contributed by atoms with Crippen LogP contribution in [0.1, 0.15) is 17.0 Å². The number of aryl methyl sites for hydroxylation is 1. The molecule has 3 atom stereocenters. The van der Waals surface area contributed by atoms with Gasteiger partial charge in [-0.1, -0.05) is 29.8 Å². The molecule has 25 heavy (non-hydrogen) atoms. The monoisotopic (exact) mass is 359 g/mol. The zero-order valence-corrected chi connectivity index (χ0v) is 14.0. The summed E-state index contributed by atoms with van der Waals surface area (Å²) < 4.78 is 39.4. The molecule has 0 aromatic heterocycles. The van der Waals surface area contributed by atoms with E-state index in [0.29, 0.717) is 0 Å². The lowest BCUT2D eigenvalue weighted by Crippen LogP contribution is -2.22. The van der Waals surface area contributed by atoms with Crippen molar-refractivity contribution in [2.75, 3.05) is 0 Å². The van der Waals surface area contributed by atoms with Gasteiger partial charge in [0.1, 0.15) is 11.1 Å². The van der Waals surface area contributed by atoms with E-state index >= 15 is 0 Å². The fourth-order valence-corrected chi connectivity index (χ4v) is 5.48. The number of hydrogen-bond donors (Lipinski definition) is 1. The highest BCUT2D eigenvalue weighted by Gasteiger charge is 2.77. The van der Waals surface area contributed by atoms with E-state index in [0.717, 1.165) is 11.6 Å². The first-order valence-electron chi connectivity index (χ1n) is 7.46. The minimum Gasteiger partial charge on any atom is -0.480 e. The van der Waals surface area contributed by atoms with Gasteiger partial charge in [-0.2, -0.15) is 5.26 Å². The fraction of sp³-hybridized carbons (Fsp3) is 0.222. The SMILES string of the molecule is Cc1ccc(S(=O)(=O)[C@H]2[C@H](c3cccc(F)c3)[C@@]2(C#N)C(=O)O)cc1. The summed E-state index contributed by atoms with van der Waals surface area (Å²) >= 11 is 0. The molecule has 2 aromatic carbocycles. The van der Waals surface area contributed by atoms with Gasteiger partial charge in [0.2, 0.25) is 0 Å². The number of nitrogens with zero attached hydrogens (tertiary/aromatic N) is 1. The molecule has 0 unspecified atom stereocenters. The minimum atomic E-state index is -4.08. The number of halogens is 1. The summed E-state index contributed by atoms with van der Waals surface area (Å²) in [6.07, 6.45) is 0. The molecule has 128 valence electrons. The van der Waals surface area contributed by atoms with Crippen molar-refractivity contribution in [1.82, 2.24) is 0 Å². The van der Waals surface area contributed by atoms with E-state index in [4.69, 9.17) is 0 Å². The van der Waals surface area contributed by atoms with Crippen LogP contribution in [0.4, 0.5) is 4.39 Å². The Morgan fingerprint density at radius 1 is 1.24 bits per heavy atom. The Morgan fingerprint density at radius 2 is 1.88 bits per heavy atom. The van der Waals surface area contributed by atoms with Crippen LogP contribution in [-0.4, -0.2) is 24.7 Å². The molecule has 1 N–H and O–H groups in total. The average molecular weight is 359 g/mol. The third-order valence-corrected chi connectivity index (χ3v) is 6.81. The molecule has 3 rings (SSSR count). The number of carboxylic acid groups (broad SMARTS) is 1. The molecule has 0 radical (unpaired) electrons. The molecular formula is C18H14FNO4S. The summed E-state index contributed by atoms with van der Waals surface area (Å²) in [6, 6.07) is 12.7. The number of hydrogen-bond acceptors (Lipinski definition) is 4. The van der Waals surface area contributed by atoms with Gasteiger partial charge in [0.05, 0.1) is 11.0 Å². The van der Waals surface area contributed by atoms with Crippen LogP contribution in [0.5, 0.6) is 0 Å². The lowest BCUT2D eigenvalue weighted by Gasteiger charge is -2.05. The Kier molecular flexibility index (Phi) is 3.88. The highest BCUT2D eigenvalue weighted by atomic mass is 32.2. The molecule has 0 heterocycles. The van der Waals surface area contributed by atoms with E-state index < -0.39 is 38.2 Å². The molecule has 1 fully saturated rings. The number of carboxylic acids is 1. The van der Waals surface area contributed by atoms with E-state index in [1.165, 1.54) is 30.3 Å². The summed E-state index contributed by atoms with van der Waals surface area (Å²) in [5.41, 5.74) is -1.09. The molecule has 0 aliphatic heterocycles. The zero-order chi connectivity index (χ0) is 18.4. The highest BCUT2D eigenvalue weighted by Crippen LogP contribution is 2.64. The number of nitriles is 1. The molecule has 0 bridgehead atoms. The first-order chi connectivity index (χ1) is 11.7. The van der Waals surface area contributed by atoms with Crippen molar-refractivity contribution in [3.8, 4) is 6.07 Å². The van der Waals surface area contributed by atoms with Gasteiger partial charge >= 0.3 is 5.97 Å². The van der Waals surface area contributed by atoms with E-state index in [-0.39, 0.29) is 10.5 Å². The zero-order valence-electron chi connectivity index (χ0n) is 13.2. The normalized spacial score (nSPS) is 25.2. The summed E-state index contributed by atoms with van der Waals surface area (Å²) in [6.45, 7) is 1.79. The Morgan fingerprint density at radius 3 is 2.40 bits per heavy atom. The van der Waals surface area contributed by atoms with Crippen molar-refractivity contribution in [3.63, 3.8) is 0 Å². The van der Waals surface area contributed by atoms with E-state index in [1.54, 1.807) is 25.1 Å². The van der Waals surface area contributed by atoms with Crippen molar-refractivity contribution in [2.45, 2.75) is 23.0 Å². The van der Waals surface area contributed by atoms with Crippen LogP contribution < -0.4 is 0 Å². The van der Waals surface area contributed by atoms with Crippen LogP contribution in [0.25, 0.3) is 0 Å². The van der Waals surface area contributed by atoms with E-state index in [1.807, 2.05) is 0 Å². The van der Waals surface area contributed by atoms with E-state index in [2.05, 4.69) is 0 Å². The van der Waals surface area contributed by atoms with Crippen LogP contribution >= 0.6 is 0 Å². The van der Waals surface area contributed by atoms with Crippen molar-refractivity contribution in [3.05, 3.63) is 65.5 Å². The maximum absolute atomic E-state index is 13.5. The number of rotatable bonds is 4. The Hall–Kier alpha value is -2.72. The summed E-state index contributed by atoms with van der Waals surface area (Å²) in [5.74, 6) is -3.27. The quantitative estimate of drug-likeness (QED) is 0.905. The second kappa shape index (κ2) is 5.67. The largest absolute Gasteiger partial charge is 0.480 e. The standard InChI is InChI=1S/C18H14FNO4S/c1-11-5-7-14(8-6-11)25(23,24)16-15(18(16,10-20)17(21)22)12-3-2-4-13(19)9-12/h2-9,15-16H,1H3,(H,21,22)/t15-,16-,18+/m0/s1. The van der Waals surface area contributed by atoms with Gasteiger partial charge in [-0.25, -0.2) is 12.8 Å². The topological polar surface area (TPSA) is 95.2 Å². The van der Waals surface area contributed by atoms with Crippen LogP contribution in [0.2, 0.25) is 0 Å². The first-order valence-corrected chi connectivity index (χ1v) is 9.00. The van der Waals surface area contributed by atoms with Crippen LogP contribution in [-0.2, 0) is 14.6 Å². The van der Waals surface area contributed by atoms with Crippen molar-refractivity contribution in [2.24, 2.45) is 5.41 Å². The molecule has 1 aliphatic carbocycles. The fourth-order valence-electron chi connectivity index (χ4n) is 3.23. The molecule has 0 saturated heterocycles. The molecule has 5 nitrogen and oxygen atoms in total. The molecule has 1 aliphatic rings. The van der Waals surface area contributed by atoms with Gasteiger partial charge in [-0.05, 0) is 36.8 Å². The lowest BCUT2D eigenvalue weighted by atomic mass is 10.0. The predicted molar refractivity (Wildman–Crippen MR) is 87.0 cm³/mol. The van der Waals surface area contributed by atoms with Crippen molar-refractivity contribution < 1.29 is 22.7 Å². The third kappa shape index (κ3) is 2.50. The second-order valence-corrected chi connectivity index (χ2v) is 8.17. The molecule has 1 saturated carbocycles. The van der Waals surface area contributed by atoms with Gasteiger partial charge in [0.25, 0.3) is 0 Å². The maximum atomic E-state index is 13.5. The summed E-state index contributed by atoms with van der Waals surface area (Å²) in [7, 11) is -4.08. The summed E-state index contributed by atoms with van der Waals surface area (Å²) in [5, 5.41) is 17.5. The molecule has 7 heteroatoms. The first kappa shape index (κ1) is 17.1. The molecular weight excluding hydrogens is 345 g/mol. The van der Waals surface area contributed by atoms with Gasteiger partial charge in [0.15, 0.2) is 15.3 Å². The number of benzene rings is 2. The summed E-state index contributed by atoms with van der Waals surface area (Å²) in [4.78, 5) is 11.7. The Labute approximate surface area is 144 Å². The number of aliphatic carboxylic acids is 1. The third-order valence-electron chi connectivity index (χ3n) is 4.56. The lowest BCUT2D eigenvalue weighted by molar-refractivity contribution is -0.141. The smallest absolute Gasteiger partial charge is 0.326 e. The van der Waals surface area contributed by atoms with Gasteiger partial charge in [-0.15, -0.1) is 0 Å². The Balaban J connectivity index is 2.14. The highest BCUT2D eigenvalue weighted by molar-refractivity contribution is 7.92. The number of sulfone groups is 1. The average Bonchev–Trinajstić information content (AvgIpc) is 3.27. The number of carbonyl (C=O) groups is 1. The maximum Gasteiger partial charge on any atom is 0.326 e. The minimum absolute atomic E-state index is 0.0529.